The number of benzene rings is 1. The van der Waals surface area contributed by atoms with E-state index in [9.17, 15) is 8.78 Å². The fourth-order valence-electron chi connectivity index (χ4n) is 1.52. The Labute approximate surface area is 87.1 Å². The summed E-state index contributed by atoms with van der Waals surface area (Å²) in [5, 5.41) is 8.32. The smallest absolute Gasteiger partial charge is 0.357 e. The third kappa shape index (κ3) is 2.07. The predicted octanol–water partition coefficient (Wildman–Crippen LogP) is 2.93. The van der Waals surface area contributed by atoms with E-state index in [1.54, 1.807) is 13.8 Å². The quantitative estimate of drug-likeness (QED) is 0.753. The summed E-state index contributed by atoms with van der Waals surface area (Å²) in [5.74, 6) is -2.87. The summed E-state index contributed by atoms with van der Waals surface area (Å²) in [6, 6.07) is 3.52. The molecule has 0 saturated carbocycles. The van der Waals surface area contributed by atoms with Gasteiger partial charge in [0.05, 0.1) is 7.11 Å². The third-order valence-electron chi connectivity index (χ3n) is 2.17. The molecule has 0 heterocycles. The van der Waals surface area contributed by atoms with Gasteiger partial charge in [0.2, 0.25) is 0 Å². The maximum atomic E-state index is 13.1. The summed E-state index contributed by atoms with van der Waals surface area (Å²) in [6.07, 6.45) is 0. The molecule has 1 rings (SSSR count). The minimum Gasteiger partial charge on any atom is -0.496 e. The lowest BCUT2D eigenvalue weighted by Gasteiger charge is -2.13. The fraction of sp³-hybridized carbons (Fsp3) is 0.364. The highest BCUT2D eigenvalue weighted by atomic mass is 19.3. The second-order valence-corrected chi connectivity index (χ2v) is 3.33. The third-order valence-corrected chi connectivity index (χ3v) is 2.17. The first-order valence-corrected chi connectivity index (χ1v) is 4.37. The number of methoxy groups -OCH3 is 1. The van der Waals surface area contributed by atoms with Crippen LogP contribution < -0.4 is 4.74 Å². The number of alkyl halides is 2. The molecule has 0 atom stereocenters. The van der Waals surface area contributed by atoms with E-state index < -0.39 is 5.92 Å². The normalized spacial score (nSPS) is 10.9. The van der Waals surface area contributed by atoms with Crippen molar-refractivity contribution in [3.8, 4) is 11.8 Å². The average Bonchev–Trinajstić information content (AvgIpc) is 2.17. The van der Waals surface area contributed by atoms with Crippen molar-refractivity contribution < 1.29 is 13.5 Å². The van der Waals surface area contributed by atoms with Gasteiger partial charge < -0.3 is 4.74 Å². The van der Waals surface area contributed by atoms with Crippen LogP contribution in [0.25, 0.3) is 0 Å². The van der Waals surface area contributed by atoms with Crippen LogP contribution in [-0.4, -0.2) is 7.11 Å². The van der Waals surface area contributed by atoms with Crippen LogP contribution in [0.15, 0.2) is 12.1 Å². The second kappa shape index (κ2) is 3.85. The summed E-state index contributed by atoms with van der Waals surface area (Å²) >= 11 is 0. The first-order valence-electron chi connectivity index (χ1n) is 4.37. The zero-order chi connectivity index (χ0) is 11.6. The van der Waals surface area contributed by atoms with E-state index in [1.165, 1.54) is 19.2 Å². The van der Waals surface area contributed by atoms with Crippen LogP contribution in [0.4, 0.5) is 8.78 Å². The number of hydrogen-bond donors (Lipinski definition) is 0. The molecule has 4 heteroatoms. The van der Waals surface area contributed by atoms with E-state index in [1.807, 2.05) is 0 Å². The Balaban J connectivity index is 3.34. The van der Waals surface area contributed by atoms with Gasteiger partial charge in [-0.2, -0.15) is 14.0 Å². The van der Waals surface area contributed by atoms with Crippen LogP contribution in [0.2, 0.25) is 0 Å². The van der Waals surface area contributed by atoms with Crippen LogP contribution in [-0.2, 0) is 5.92 Å². The molecule has 0 bridgehead atoms. The zero-order valence-corrected chi connectivity index (χ0v) is 8.77. The van der Waals surface area contributed by atoms with Gasteiger partial charge in [-0.1, -0.05) is 0 Å². The summed E-state index contributed by atoms with van der Waals surface area (Å²) < 4.78 is 31.2. The van der Waals surface area contributed by atoms with Gasteiger partial charge in [-0.25, -0.2) is 0 Å². The molecule has 0 radical (unpaired) electrons. The Bertz CT molecular complexity index is 398. The van der Waals surface area contributed by atoms with E-state index in [0.717, 1.165) is 6.07 Å². The predicted molar refractivity (Wildman–Crippen MR) is 52.0 cm³/mol. The van der Waals surface area contributed by atoms with Crippen LogP contribution >= 0.6 is 0 Å². The molecule has 1 aromatic carbocycles. The fourth-order valence-corrected chi connectivity index (χ4v) is 1.52. The van der Waals surface area contributed by atoms with Gasteiger partial charge in [0.1, 0.15) is 11.8 Å². The maximum absolute atomic E-state index is 13.1. The SMILES string of the molecule is COc1c(C)cc(C(F)(F)C#N)cc1C. The van der Waals surface area contributed by atoms with Crippen molar-refractivity contribution >= 4 is 0 Å². The highest BCUT2D eigenvalue weighted by Crippen LogP contribution is 2.32. The number of hydrogen-bond acceptors (Lipinski definition) is 2. The molecule has 0 aromatic heterocycles. The molecule has 1 aromatic rings. The van der Waals surface area contributed by atoms with Crippen molar-refractivity contribution in [1.82, 2.24) is 0 Å². The standard InChI is InChI=1S/C11H11F2NO/c1-7-4-9(11(12,13)6-14)5-8(2)10(7)15-3/h4-5H,1-3H3. The Morgan fingerprint density at radius 3 is 2.07 bits per heavy atom. The van der Waals surface area contributed by atoms with Crippen molar-refractivity contribution in [2.45, 2.75) is 19.8 Å². The van der Waals surface area contributed by atoms with Crippen molar-refractivity contribution in [2.75, 3.05) is 7.11 Å². The van der Waals surface area contributed by atoms with Gasteiger partial charge in [0.25, 0.3) is 0 Å². The second-order valence-electron chi connectivity index (χ2n) is 3.33. The minimum atomic E-state index is -3.44. The molecular formula is C11H11F2NO. The first kappa shape index (κ1) is 11.4. The largest absolute Gasteiger partial charge is 0.496 e. The molecular weight excluding hydrogens is 200 g/mol. The number of nitriles is 1. The molecule has 0 spiro atoms. The Kier molecular flexibility index (Phi) is 2.94. The number of halogens is 2. The summed E-state index contributed by atoms with van der Waals surface area (Å²) in [7, 11) is 1.48. The van der Waals surface area contributed by atoms with Crippen molar-refractivity contribution in [1.29, 1.82) is 5.26 Å². The van der Waals surface area contributed by atoms with Gasteiger partial charge in [-0.15, -0.1) is 0 Å². The Hall–Kier alpha value is -1.63. The monoisotopic (exact) mass is 211 g/mol. The average molecular weight is 211 g/mol. The molecule has 2 nitrogen and oxygen atoms in total. The lowest BCUT2D eigenvalue weighted by atomic mass is 10.0. The van der Waals surface area contributed by atoms with Gasteiger partial charge in [0, 0.05) is 5.56 Å². The lowest BCUT2D eigenvalue weighted by molar-refractivity contribution is 0.0611. The Morgan fingerprint density at radius 1 is 1.27 bits per heavy atom. The zero-order valence-electron chi connectivity index (χ0n) is 8.77. The number of nitrogens with zero attached hydrogens (tertiary/aromatic N) is 1. The summed E-state index contributed by atoms with van der Waals surface area (Å²) in [6.45, 7) is 3.34. The van der Waals surface area contributed by atoms with E-state index in [0.29, 0.717) is 16.9 Å². The number of aryl methyl sites for hydroxylation is 2. The number of ether oxygens (including phenoxy) is 1. The van der Waals surface area contributed by atoms with Crippen LogP contribution in [0.1, 0.15) is 16.7 Å². The summed E-state index contributed by atoms with van der Waals surface area (Å²) in [5.41, 5.74) is 0.908. The van der Waals surface area contributed by atoms with Crippen molar-refractivity contribution in [2.24, 2.45) is 0 Å². The molecule has 0 aliphatic carbocycles. The molecule has 0 fully saturated rings. The number of rotatable bonds is 2. The molecule has 0 amide bonds. The van der Waals surface area contributed by atoms with E-state index in [2.05, 4.69) is 0 Å². The minimum absolute atomic E-state index is 0.291. The molecule has 0 saturated heterocycles. The van der Waals surface area contributed by atoms with E-state index in [4.69, 9.17) is 10.00 Å². The molecule has 80 valence electrons. The highest BCUT2D eigenvalue weighted by Gasteiger charge is 2.32. The van der Waals surface area contributed by atoms with Gasteiger partial charge in [0.15, 0.2) is 0 Å². The van der Waals surface area contributed by atoms with Gasteiger partial charge in [-0.3, -0.25) is 0 Å². The van der Waals surface area contributed by atoms with E-state index in [-0.39, 0.29) is 5.56 Å². The lowest BCUT2D eigenvalue weighted by Crippen LogP contribution is -2.10. The molecule has 15 heavy (non-hydrogen) atoms. The van der Waals surface area contributed by atoms with Crippen LogP contribution in [0.3, 0.4) is 0 Å². The molecule has 0 N–H and O–H groups in total. The molecule has 0 aliphatic heterocycles. The molecule has 0 aliphatic rings. The first-order chi connectivity index (χ1) is 6.92. The maximum Gasteiger partial charge on any atom is 0.357 e. The van der Waals surface area contributed by atoms with Crippen LogP contribution in [0, 0.1) is 25.2 Å². The van der Waals surface area contributed by atoms with Crippen LogP contribution in [0.5, 0.6) is 5.75 Å². The summed E-state index contributed by atoms with van der Waals surface area (Å²) in [4.78, 5) is 0. The Morgan fingerprint density at radius 2 is 1.73 bits per heavy atom. The van der Waals surface area contributed by atoms with Crippen molar-refractivity contribution in [3.63, 3.8) is 0 Å². The highest BCUT2D eigenvalue weighted by molar-refractivity contribution is 5.45. The van der Waals surface area contributed by atoms with Gasteiger partial charge in [-0.05, 0) is 37.1 Å². The topological polar surface area (TPSA) is 33.0 Å². The van der Waals surface area contributed by atoms with Gasteiger partial charge >= 0.3 is 5.92 Å². The van der Waals surface area contributed by atoms with Crippen molar-refractivity contribution in [3.05, 3.63) is 28.8 Å². The molecule has 0 unspecified atom stereocenters. The van der Waals surface area contributed by atoms with E-state index >= 15 is 0 Å².